The molecule has 1 N–H and O–H groups in total. The first-order valence-corrected chi connectivity index (χ1v) is 7.27. The van der Waals surface area contributed by atoms with Crippen LogP contribution in [-0.4, -0.2) is 27.6 Å². The summed E-state index contributed by atoms with van der Waals surface area (Å²) in [5, 5.41) is 2.74. The Labute approximate surface area is 137 Å². The summed E-state index contributed by atoms with van der Waals surface area (Å²) in [5.41, 5.74) is 2.67. The van der Waals surface area contributed by atoms with Crippen LogP contribution >= 0.6 is 0 Å². The predicted molar refractivity (Wildman–Crippen MR) is 87.2 cm³/mol. The van der Waals surface area contributed by atoms with Gasteiger partial charge >= 0.3 is 11.8 Å². The maximum atomic E-state index is 12.3. The molecule has 0 spiro atoms. The number of aryl methyl sites for hydroxylation is 2. The van der Waals surface area contributed by atoms with Crippen molar-refractivity contribution in [2.45, 2.75) is 20.4 Å². The van der Waals surface area contributed by atoms with Crippen LogP contribution in [0.15, 0.2) is 33.5 Å². The van der Waals surface area contributed by atoms with Crippen LogP contribution in [-0.2, 0) is 11.3 Å². The first-order chi connectivity index (χ1) is 11.5. The van der Waals surface area contributed by atoms with Gasteiger partial charge in [-0.3, -0.25) is 9.36 Å². The Morgan fingerprint density at radius 3 is 2.58 bits per heavy atom. The summed E-state index contributed by atoms with van der Waals surface area (Å²) in [5.74, 6) is -0.950. The standard InChI is InChI=1S/C16H16N4O4/c1-9-14(10(2)18-15(17-9)23-3)19-13(21)8-20-11-6-4-5-7-12(11)24-16(20)22/h4-7H,8H2,1-3H3,(H,19,21). The molecule has 1 aromatic carbocycles. The molecule has 2 heterocycles. The predicted octanol–water partition coefficient (Wildman–Crippen LogP) is 1.65. The monoisotopic (exact) mass is 328 g/mol. The van der Waals surface area contributed by atoms with Gasteiger partial charge < -0.3 is 14.5 Å². The topological polar surface area (TPSA) is 99.2 Å². The van der Waals surface area contributed by atoms with E-state index in [0.29, 0.717) is 28.2 Å². The molecule has 0 aliphatic heterocycles. The van der Waals surface area contributed by atoms with Crippen LogP contribution in [0.5, 0.6) is 6.01 Å². The Hall–Kier alpha value is -3.16. The molecule has 0 unspecified atom stereocenters. The summed E-state index contributed by atoms with van der Waals surface area (Å²) in [6.07, 6.45) is 0. The van der Waals surface area contributed by atoms with Gasteiger partial charge in [0, 0.05) is 0 Å². The lowest BCUT2D eigenvalue weighted by atomic mass is 10.3. The Balaban J connectivity index is 1.86. The van der Waals surface area contributed by atoms with E-state index in [1.165, 1.54) is 11.7 Å². The van der Waals surface area contributed by atoms with Crippen molar-refractivity contribution in [2.75, 3.05) is 12.4 Å². The first-order valence-electron chi connectivity index (χ1n) is 7.27. The van der Waals surface area contributed by atoms with E-state index in [-0.39, 0.29) is 18.5 Å². The first kappa shape index (κ1) is 15.7. The molecule has 8 heteroatoms. The third-order valence-corrected chi connectivity index (χ3v) is 3.57. The van der Waals surface area contributed by atoms with E-state index in [1.54, 1.807) is 38.1 Å². The van der Waals surface area contributed by atoms with Gasteiger partial charge in [-0.1, -0.05) is 12.1 Å². The van der Waals surface area contributed by atoms with E-state index >= 15 is 0 Å². The molecule has 3 rings (SSSR count). The third kappa shape index (κ3) is 2.85. The molecule has 8 nitrogen and oxygen atoms in total. The number of methoxy groups -OCH3 is 1. The van der Waals surface area contributed by atoms with Crippen molar-refractivity contribution in [3.8, 4) is 6.01 Å². The molecule has 2 aromatic heterocycles. The molecular formula is C16H16N4O4. The Bertz CT molecular complexity index is 951. The van der Waals surface area contributed by atoms with Gasteiger partial charge in [-0.05, 0) is 26.0 Å². The second-order valence-electron chi connectivity index (χ2n) is 5.23. The average Bonchev–Trinajstić information content (AvgIpc) is 2.86. The van der Waals surface area contributed by atoms with Gasteiger partial charge in [0.15, 0.2) is 5.58 Å². The fourth-order valence-corrected chi connectivity index (χ4v) is 2.44. The highest BCUT2D eigenvalue weighted by atomic mass is 16.5. The van der Waals surface area contributed by atoms with Gasteiger partial charge in [-0.2, -0.15) is 9.97 Å². The highest BCUT2D eigenvalue weighted by molar-refractivity contribution is 5.92. The third-order valence-electron chi connectivity index (χ3n) is 3.57. The van der Waals surface area contributed by atoms with E-state index in [2.05, 4.69) is 15.3 Å². The van der Waals surface area contributed by atoms with E-state index in [4.69, 9.17) is 9.15 Å². The van der Waals surface area contributed by atoms with Crippen molar-refractivity contribution < 1.29 is 13.9 Å². The number of hydrogen-bond acceptors (Lipinski definition) is 6. The minimum Gasteiger partial charge on any atom is -0.467 e. The summed E-state index contributed by atoms with van der Waals surface area (Å²) in [4.78, 5) is 32.5. The van der Waals surface area contributed by atoms with Gasteiger partial charge in [-0.15, -0.1) is 0 Å². The fourth-order valence-electron chi connectivity index (χ4n) is 2.44. The van der Waals surface area contributed by atoms with E-state index in [9.17, 15) is 9.59 Å². The van der Waals surface area contributed by atoms with Gasteiger partial charge in [0.2, 0.25) is 5.91 Å². The zero-order chi connectivity index (χ0) is 17.3. The van der Waals surface area contributed by atoms with Gasteiger partial charge in [0.25, 0.3) is 0 Å². The molecule has 1 amide bonds. The number of oxazole rings is 1. The van der Waals surface area contributed by atoms with Crippen molar-refractivity contribution in [2.24, 2.45) is 0 Å². The lowest BCUT2D eigenvalue weighted by molar-refractivity contribution is -0.116. The fraction of sp³-hybridized carbons (Fsp3) is 0.250. The second kappa shape index (κ2) is 6.15. The number of amides is 1. The van der Waals surface area contributed by atoms with Crippen LogP contribution in [0.4, 0.5) is 5.69 Å². The van der Waals surface area contributed by atoms with Crippen LogP contribution < -0.4 is 15.8 Å². The molecule has 0 atom stereocenters. The summed E-state index contributed by atoms with van der Waals surface area (Å²) >= 11 is 0. The Kier molecular flexibility index (Phi) is 4.03. The summed E-state index contributed by atoms with van der Waals surface area (Å²) in [7, 11) is 1.48. The number of fused-ring (bicyclic) bond motifs is 1. The van der Waals surface area contributed by atoms with Crippen LogP contribution in [0.1, 0.15) is 11.4 Å². The SMILES string of the molecule is COc1nc(C)c(NC(=O)Cn2c(=O)oc3ccccc32)c(C)n1. The summed E-state index contributed by atoms with van der Waals surface area (Å²) < 4.78 is 11.4. The molecule has 0 radical (unpaired) electrons. The maximum Gasteiger partial charge on any atom is 0.420 e. The summed E-state index contributed by atoms with van der Waals surface area (Å²) in [6.45, 7) is 3.32. The number of rotatable bonds is 4. The largest absolute Gasteiger partial charge is 0.467 e. The van der Waals surface area contributed by atoms with E-state index in [0.717, 1.165) is 0 Å². The molecule has 0 fully saturated rings. The zero-order valence-electron chi connectivity index (χ0n) is 13.5. The number of nitrogens with zero attached hydrogens (tertiary/aromatic N) is 3. The molecule has 24 heavy (non-hydrogen) atoms. The van der Waals surface area contributed by atoms with Crippen LogP contribution in [0, 0.1) is 13.8 Å². The average molecular weight is 328 g/mol. The van der Waals surface area contributed by atoms with Crippen molar-refractivity contribution in [3.05, 3.63) is 46.2 Å². The minimum atomic E-state index is -0.578. The number of para-hydroxylation sites is 2. The van der Waals surface area contributed by atoms with E-state index in [1.807, 2.05) is 0 Å². The number of hydrogen-bond donors (Lipinski definition) is 1. The van der Waals surface area contributed by atoms with Crippen LogP contribution in [0.3, 0.4) is 0 Å². The van der Waals surface area contributed by atoms with Gasteiger partial charge in [0.1, 0.15) is 6.54 Å². The number of carbonyl (C=O) groups excluding carboxylic acids is 1. The molecular weight excluding hydrogens is 312 g/mol. The number of carbonyl (C=O) groups is 1. The normalized spacial score (nSPS) is 10.8. The highest BCUT2D eigenvalue weighted by Crippen LogP contribution is 2.19. The van der Waals surface area contributed by atoms with Crippen molar-refractivity contribution in [1.82, 2.24) is 14.5 Å². The van der Waals surface area contributed by atoms with E-state index < -0.39 is 5.76 Å². The van der Waals surface area contributed by atoms with Gasteiger partial charge in [-0.25, -0.2) is 4.79 Å². The summed E-state index contributed by atoms with van der Waals surface area (Å²) in [6, 6.07) is 7.17. The number of aromatic nitrogens is 3. The number of benzene rings is 1. The molecule has 0 saturated heterocycles. The number of ether oxygens (including phenoxy) is 1. The molecule has 0 aliphatic carbocycles. The van der Waals surface area contributed by atoms with Gasteiger partial charge in [0.05, 0.1) is 29.7 Å². The second-order valence-corrected chi connectivity index (χ2v) is 5.23. The van der Waals surface area contributed by atoms with Crippen LogP contribution in [0.25, 0.3) is 11.1 Å². The zero-order valence-corrected chi connectivity index (χ0v) is 13.5. The Morgan fingerprint density at radius 1 is 1.25 bits per heavy atom. The number of nitrogens with one attached hydrogen (secondary N) is 1. The smallest absolute Gasteiger partial charge is 0.420 e. The lowest BCUT2D eigenvalue weighted by Crippen LogP contribution is -2.25. The van der Waals surface area contributed by atoms with Crippen molar-refractivity contribution in [1.29, 1.82) is 0 Å². The Morgan fingerprint density at radius 2 is 1.92 bits per heavy atom. The quantitative estimate of drug-likeness (QED) is 0.782. The molecule has 3 aromatic rings. The molecule has 124 valence electrons. The minimum absolute atomic E-state index is 0.166. The van der Waals surface area contributed by atoms with Crippen molar-refractivity contribution >= 4 is 22.7 Å². The lowest BCUT2D eigenvalue weighted by Gasteiger charge is -2.11. The molecule has 0 bridgehead atoms. The van der Waals surface area contributed by atoms with Crippen molar-refractivity contribution in [3.63, 3.8) is 0 Å². The molecule has 0 aliphatic rings. The van der Waals surface area contributed by atoms with Crippen LogP contribution in [0.2, 0.25) is 0 Å². The maximum absolute atomic E-state index is 12.3. The number of anilines is 1. The molecule has 0 saturated carbocycles. The highest BCUT2D eigenvalue weighted by Gasteiger charge is 2.15.